The Labute approximate surface area is 85.6 Å². The molecule has 1 aliphatic heterocycles. The monoisotopic (exact) mass is 199 g/mol. The van der Waals surface area contributed by atoms with E-state index in [-0.39, 0.29) is 12.1 Å². The van der Waals surface area contributed by atoms with Gasteiger partial charge in [0.2, 0.25) is 0 Å². The standard InChI is InChI=1S/C10H21N3O/c1-3-8(5-11)13-10(14)9-4-7(2)6-12-9/h5,7-14H,3-4,6H2,1-2H3. The zero-order chi connectivity index (χ0) is 10.6. The van der Waals surface area contributed by atoms with Gasteiger partial charge >= 0.3 is 0 Å². The van der Waals surface area contributed by atoms with Crippen molar-refractivity contribution in [2.45, 2.75) is 45.0 Å². The molecule has 1 fully saturated rings. The molecule has 0 aromatic rings. The van der Waals surface area contributed by atoms with Gasteiger partial charge in [-0.1, -0.05) is 13.8 Å². The summed E-state index contributed by atoms with van der Waals surface area (Å²) in [7, 11) is 0. The maximum Gasteiger partial charge on any atom is 0.120 e. The number of rotatable bonds is 5. The Morgan fingerprint density at radius 2 is 2.43 bits per heavy atom. The topological polar surface area (TPSA) is 68.1 Å². The average molecular weight is 199 g/mol. The van der Waals surface area contributed by atoms with E-state index in [1.165, 1.54) is 6.21 Å². The van der Waals surface area contributed by atoms with Crippen LogP contribution < -0.4 is 10.6 Å². The molecule has 0 aromatic heterocycles. The van der Waals surface area contributed by atoms with Gasteiger partial charge in [0.05, 0.1) is 0 Å². The van der Waals surface area contributed by atoms with E-state index in [1.54, 1.807) is 0 Å². The molecule has 1 heterocycles. The molecule has 4 unspecified atom stereocenters. The molecule has 4 nitrogen and oxygen atoms in total. The molecule has 14 heavy (non-hydrogen) atoms. The van der Waals surface area contributed by atoms with E-state index in [0.29, 0.717) is 5.92 Å². The van der Waals surface area contributed by atoms with Gasteiger partial charge in [-0.15, -0.1) is 0 Å². The Kier molecular flexibility index (Phi) is 4.51. The number of aliphatic hydroxyl groups is 1. The Bertz CT molecular complexity index is 186. The molecule has 82 valence electrons. The first-order chi connectivity index (χ1) is 6.67. The van der Waals surface area contributed by atoms with E-state index < -0.39 is 6.23 Å². The lowest BCUT2D eigenvalue weighted by Crippen LogP contribution is -2.49. The SMILES string of the molecule is CCC(C=N)NC(O)C1CC(C)CN1. The van der Waals surface area contributed by atoms with Gasteiger partial charge in [0.1, 0.15) is 6.23 Å². The molecule has 0 radical (unpaired) electrons. The van der Waals surface area contributed by atoms with Crippen molar-refractivity contribution in [3.63, 3.8) is 0 Å². The van der Waals surface area contributed by atoms with Gasteiger partial charge in [-0.3, -0.25) is 5.32 Å². The summed E-state index contributed by atoms with van der Waals surface area (Å²) in [4.78, 5) is 0. The zero-order valence-electron chi connectivity index (χ0n) is 8.96. The third-order valence-corrected chi connectivity index (χ3v) is 2.79. The highest BCUT2D eigenvalue weighted by Gasteiger charge is 2.27. The fourth-order valence-electron chi connectivity index (χ4n) is 1.81. The highest BCUT2D eigenvalue weighted by molar-refractivity contribution is 5.60. The van der Waals surface area contributed by atoms with Gasteiger partial charge in [0, 0.05) is 18.3 Å². The van der Waals surface area contributed by atoms with Crippen LogP contribution in [-0.4, -0.2) is 36.2 Å². The number of nitrogens with one attached hydrogen (secondary N) is 3. The van der Waals surface area contributed by atoms with Gasteiger partial charge in [-0.05, 0) is 25.3 Å². The van der Waals surface area contributed by atoms with Crippen LogP contribution in [0.25, 0.3) is 0 Å². The second-order valence-corrected chi connectivity index (χ2v) is 4.15. The smallest absolute Gasteiger partial charge is 0.120 e. The first-order valence-corrected chi connectivity index (χ1v) is 5.35. The summed E-state index contributed by atoms with van der Waals surface area (Å²) < 4.78 is 0. The van der Waals surface area contributed by atoms with E-state index in [1.807, 2.05) is 6.92 Å². The molecule has 0 saturated carbocycles. The molecule has 4 N–H and O–H groups in total. The first-order valence-electron chi connectivity index (χ1n) is 5.35. The second kappa shape index (κ2) is 5.44. The van der Waals surface area contributed by atoms with Crippen LogP contribution in [0.5, 0.6) is 0 Å². The molecule has 0 aromatic carbocycles. The van der Waals surface area contributed by atoms with Crippen molar-refractivity contribution in [2.75, 3.05) is 6.54 Å². The molecule has 4 atom stereocenters. The van der Waals surface area contributed by atoms with E-state index in [2.05, 4.69) is 17.6 Å². The summed E-state index contributed by atoms with van der Waals surface area (Å²) in [6.07, 6.45) is 2.65. The molecular formula is C10H21N3O. The quantitative estimate of drug-likeness (QED) is 0.381. The van der Waals surface area contributed by atoms with E-state index in [0.717, 1.165) is 19.4 Å². The lowest BCUT2D eigenvalue weighted by Gasteiger charge is -2.23. The molecule has 1 rings (SSSR count). The van der Waals surface area contributed by atoms with Crippen LogP contribution in [0.3, 0.4) is 0 Å². The Balaban J connectivity index is 2.33. The normalized spacial score (nSPS) is 31.4. The van der Waals surface area contributed by atoms with Crippen molar-refractivity contribution in [3.8, 4) is 0 Å². The molecule has 1 aliphatic rings. The van der Waals surface area contributed by atoms with Crippen molar-refractivity contribution in [1.82, 2.24) is 10.6 Å². The average Bonchev–Trinajstić information content (AvgIpc) is 2.61. The molecule has 1 saturated heterocycles. The minimum Gasteiger partial charge on any atom is -0.377 e. The fourth-order valence-corrected chi connectivity index (χ4v) is 1.81. The predicted molar refractivity (Wildman–Crippen MR) is 57.6 cm³/mol. The Morgan fingerprint density at radius 3 is 2.86 bits per heavy atom. The third-order valence-electron chi connectivity index (χ3n) is 2.79. The van der Waals surface area contributed by atoms with Crippen molar-refractivity contribution in [1.29, 1.82) is 5.41 Å². The minimum atomic E-state index is -0.536. The van der Waals surface area contributed by atoms with Crippen LogP contribution in [0.2, 0.25) is 0 Å². The lowest BCUT2D eigenvalue weighted by atomic mass is 10.1. The minimum absolute atomic E-state index is 0.0114. The van der Waals surface area contributed by atoms with Gasteiger partial charge in [-0.2, -0.15) is 0 Å². The van der Waals surface area contributed by atoms with Crippen LogP contribution in [0, 0.1) is 11.3 Å². The van der Waals surface area contributed by atoms with Crippen LogP contribution in [-0.2, 0) is 0 Å². The predicted octanol–water partition coefficient (Wildman–Crippen LogP) is 0.321. The first kappa shape index (κ1) is 11.6. The molecule has 0 aliphatic carbocycles. The summed E-state index contributed by atoms with van der Waals surface area (Å²) in [5.74, 6) is 0.636. The van der Waals surface area contributed by atoms with E-state index >= 15 is 0 Å². The summed E-state index contributed by atoms with van der Waals surface area (Å²) >= 11 is 0. The molecule has 0 spiro atoms. The van der Waals surface area contributed by atoms with Crippen LogP contribution in [0.4, 0.5) is 0 Å². The number of hydrogen-bond donors (Lipinski definition) is 4. The molecular weight excluding hydrogens is 178 g/mol. The van der Waals surface area contributed by atoms with Crippen LogP contribution in [0.1, 0.15) is 26.7 Å². The number of hydrogen-bond acceptors (Lipinski definition) is 4. The van der Waals surface area contributed by atoms with Crippen molar-refractivity contribution >= 4 is 6.21 Å². The van der Waals surface area contributed by atoms with Crippen molar-refractivity contribution in [2.24, 2.45) is 5.92 Å². The summed E-state index contributed by atoms with van der Waals surface area (Å²) in [5.41, 5.74) is 0. The van der Waals surface area contributed by atoms with Crippen molar-refractivity contribution < 1.29 is 5.11 Å². The Morgan fingerprint density at radius 1 is 1.71 bits per heavy atom. The number of aliphatic hydroxyl groups excluding tert-OH is 1. The summed E-state index contributed by atoms with van der Waals surface area (Å²) in [5, 5.41) is 23.3. The highest BCUT2D eigenvalue weighted by Crippen LogP contribution is 2.14. The van der Waals surface area contributed by atoms with Crippen LogP contribution >= 0.6 is 0 Å². The van der Waals surface area contributed by atoms with E-state index in [4.69, 9.17) is 5.41 Å². The second-order valence-electron chi connectivity index (χ2n) is 4.15. The lowest BCUT2D eigenvalue weighted by molar-refractivity contribution is 0.0947. The van der Waals surface area contributed by atoms with Gasteiger partial charge in [0.15, 0.2) is 0 Å². The van der Waals surface area contributed by atoms with Crippen LogP contribution in [0.15, 0.2) is 0 Å². The van der Waals surface area contributed by atoms with E-state index in [9.17, 15) is 5.11 Å². The zero-order valence-corrected chi connectivity index (χ0v) is 8.96. The maximum atomic E-state index is 9.82. The largest absolute Gasteiger partial charge is 0.377 e. The van der Waals surface area contributed by atoms with Gasteiger partial charge in [0.25, 0.3) is 0 Å². The molecule has 4 heteroatoms. The maximum absolute atomic E-state index is 9.82. The van der Waals surface area contributed by atoms with Gasteiger partial charge in [-0.25, -0.2) is 0 Å². The van der Waals surface area contributed by atoms with Gasteiger partial charge < -0.3 is 15.8 Å². The highest BCUT2D eigenvalue weighted by atomic mass is 16.3. The third kappa shape index (κ3) is 3.04. The summed E-state index contributed by atoms with van der Waals surface area (Å²) in [6, 6.07) is 0.127. The fraction of sp³-hybridized carbons (Fsp3) is 0.900. The molecule has 0 amide bonds. The van der Waals surface area contributed by atoms with Crippen molar-refractivity contribution in [3.05, 3.63) is 0 Å². The molecule has 0 bridgehead atoms. The summed E-state index contributed by atoms with van der Waals surface area (Å²) in [6.45, 7) is 5.15. The Hall–Kier alpha value is -0.450.